The summed E-state index contributed by atoms with van der Waals surface area (Å²) in [6.45, 7) is 3.41. The summed E-state index contributed by atoms with van der Waals surface area (Å²) >= 11 is 0. The van der Waals surface area contributed by atoms with E-state index in [4.69, 9.17) is 9.47 Å². The number of benzene rings is 2. The molecule has 2 aromatic carbocycles. The molecule has 4 nitrogen and oxygen atoms in total. The average Bonchev–Trinajstić information content (AvgIpc) is 2.60. The Balaban J connectivity index is 2.16. The molecule has 2 aromatic rings. The van der Waals surface area contributed by atoms with Crippen LogP contribution in [0.25, 0.3) is 0 Å². The number of ether oxygens (including phenoxy) is 2. The fourth-order valence-electron chi connectivity index (χ4n) is 2.76. The van der Waals surface area contributed by atoms with Gasteiger partial charge < -0.3 is 9.47 Å². The monoisotopic (exact) mass is 326 g/mol. The molecular weight excluding hydrogens is 304 g/mol. The van der Waals surface area contributed by atoms with Crippen molar-refractivity contribution in [1.82, 2.24) is 0 Å². The molecule has 0 saturated heterocycles. The van der Waals surface area contributed by atoms with E-state index in [1.54, 1.807) is 7.11 Å². The second-order valence-corrected chi connectivity index (χ2v) is 5.71. The van der Waals surface area contributed by atoms with Gasteiger partial charge in [-0.05, 0) is 24.1 Å². The van der Waals surface area contributed by atoms with Crippen LogP contribution in [0.1, 0.15) is 30.9 Å². The van der Waals surface area contributed by atoms with Gasteiger partial charge >= 0.3 is 5.97 Å². The molecule has 0 aliphatic rings. The van der Waals surface area contributed by atoms with Gasteiger partial charge in [0.25, 0.3) is 0 Å². The van der Waals surface area contributed by atoms with Crippen LogP contribution in [0.3, 0.4) is 0 Å². The van der Waals surface area contributed by atoms with Gasteiger partial charge in [0.15, 0.2) is 0 Å². The summed E-state index contributed by atoms with van der Waals surface area (Å²) in [4.78, 5) is 24.6. The minimum Gasteiger partial charge on any atom is -0.496 e. The first kappa shape index (κ1) is 17.7. The highest BCUT2D eigenvalue weighted by Gasteiger charge is 2.33. The number of methoxy groups -OCH3 is 1. The number of ketones is 1. The Morgan fingerprint density at radius 1 is 1.00 bits per heavy atom. The van der Waals surface area contributed by atoms with E-state index in [0.717, 1.165) is 11.1 Å². The third-order valence-electron chi connectivity index (χ3n) is 4.05. The lowest BCUT2D eigenvalue weighted by Gasteiger charge is -2.22. The fraction of sp³-hybridized carbons (Fsp3) is 0.300. The third-order valence-corrected chi connectivity index (χ3v) is 4.05. The molecule has 4 heteroatoms. The average molecular weight is 326 g/mol. The number of esters is 1. The summed E-state index contributed by atoms with van der Waals surface area (Å²) in [5.41, 5.74) is 1.70. The van der Waals surface area contributed by atoms with Gasteiger partial charge in [0.2, 0.25) is 0 Å². The number of carbonyl (C=O) groups excluding carboxylic acids is 2. The Labute approximate surface area is 142 Å². The Morgan fingerprint density at radius 2 is 1.62 bits per heavy atom. The first-order valence-corrected chi connectivity index (χ1v) is 7.88. The lowest BCUT2D eigenvalue weighted by atomic mass is 9.84. The highest BCUT2D eigenvalue weighted by molar-refractivity contribution is 5.98. The molecule has 0 aliphatic carbocycles. The molecule has 0 spiro atoms. The van der Waals surface area contributed by atoms with E-state index in [-0.39, 0.29) is 18.3 Å². The quantitative estimate of drug-likeness (QED) is 0.574. The second-order valence-electron chi connectivity index (χ2n) is 5.71. The van der Waals surface area contributed by atoms with E-state index < -0.39 is 11.9 Å². The molecule has 0 saturated carbocycles. The summed E-state index contributed by atoms with van der Waals surface area (Å²) in [7, 11) is 1.57. The Morgan fingerprint density at radius 3 is 2.25 bits per heavy atom. The fourth-order valence-corrected chi connectivity index (χ4v) is 2.76. The lowest BCUT2D eigenvalue weighted by molar-refractivity contribution is -0.153. The molecule has 0 fully saturated rings. The summed E-state index contributed by atoms with van der Waals surface area (Å²) in [6, 6.07) is 16.8. The summed E-state index contributed by atoms with van der Waals surface area (Å²) < 4.78 is 10.7. The summed E-state index contributed by atoms with van der Waals surface area (Å²) in [6.07, 6.45) is 0. The zero-order chi connectivity index (χ0) is 17.5. The van der Waals surface area contributed by atoms with E-state index in [1.807, 2.05) is 61.5 Å². The molecule has 0 aromatic heterocycles. The van der Waals surface area contributed by atoms with Gasteiger partial charge in [-0.15, -0.1) is 0 Å². The van der Waals surface area contributed by atoms with Crippen molar-refractivity contribution in [3.05, 3.63) is 65.7 Å². The minimum atomic E-state index is -0.856. The smallest absolute Gasteiger partial charge is 0.317 e. The van der Waals surface area contributed by atoms with Crippen molar-refractivity contribution < 1.29 is 19.1 Å². The number of hydrogen-bond acceptors (Lipinski definition) is 4. The summed E-state index contributed by atoms with van der Waals surface area (Å²) in [5, 5.41) is 0. The predicted molar refractivity (Wildman–Crippen MR) is 91.8 cm³/mol. The van der Waals surface area contributed by atoms with E-state index in [0.29, 0.717) is 5.75 Å². The maximum atomic E-state index is 12.5. The number of hydrogen-bond donors (Lipinski definition) is 0. The molecule has 126 valence electrons. The van der Waals surface area contributed by atoms with Crippen molar-refractivity contribution in [3.63, 3.8) is 0 Å². The molecule has 2 rings (SSSR count). The Hall–Kier alpha value is -2.62. The van der Waals surface area contributed by atoms with Crippen LogP contribution >= 0.6 is 0 Å². The van der Waals surface area contributed by atoms with E-state index in [1.165, 1.54) is 6.92 Å². The molecule has 2 atom stereocenters. The van der Waals surface area contributed by atoms with Crippen molar-refractivity contribution in [2.45, 2.75) is 26.4 Å². The van der Waals surface area contributed by atoms with Crippen LogP contribution in [-0.4, -0.2) is 18.9 Å². The van der Waals surface area contributed by atoms with Crippen LogP contribution in [0, 0.1) is 5.92 Å². The molecule has 0 bridgehead atoms. The minimum absolute atomic E-state index is 0.155. The topological polar surface area (TPSA) is 52.6 Å². The molecule has 2 unspecified atom stereocenters. The maximum absolute atomic E-state index is 12.5. The van der Waals surface area contributed by atoms with E-state index in [9.17, 15) is 9.59 Å². The normalized spacial score (nSPS) is 13.0. The van der Waals surface area contributed by atoms with Gasteiger partial charge in [0.1, 0.15) is 24.1 Å². The number of para-hydroxylation sites is 1. The molecule has 24 heavy (non-hydrogen) atoms. The largest absolute Gasteiger partial charge is 0.496 e. The predicted octanol–water partition coefficient (Wildman–Crippen LogP) is 3.75. The maximum Gasteiger partial charge on any atom is 0.317 e. The standard InChI is InChI=1S/C20H22O4/c1-14(17-11-7-8-12-18(17)23-3)19(15(2)21)20(22)24-13-16-9-5-4-6-10-16/h4-12,14,19H,13H2,1-3H3. The van der Waals surface area contributed by atoms with E-state index >= 15 is 0 Å². The van der Waals surface area contributed by atoms with Gasteiger partial charge in [0.05, 0.1) is 7.11 Å². The highest BCUT2D eigenvalue weighted by atomic mass is 16.5. The Bertz CT molecular complexity index is 694. The van der Waals surface area contributed by atoms with E-state index in [2.05, 4.69) is 0 Å². The molecule has 0 heterocycles. The van der Waals surface area contributed by atoms with Gasteiger partial charge in [-0.1, -0.05) is 55.5 Å². The van der Waals surface area contributed by atoms with Crippen molar-refractivity contribution >= 4 is 11.8 Å². The lowest BCUT2D eigenvalue weighted by Crippen LogP contribution is -2.29. The van der Waals surface area contributed by atoms with Gasteiger partial charge in [0, 0.05) is 5.92 Å². The van der Waals surface area contributed by atoms with Crippen molar-refractivity contribution in [2.75, 3.05) is 7.11 Å². The highest BCUT2D eigenvalue weighted by Crippen LogP contribution is 2.33. The third kappa shape index (κ3) is 4.22. The zero-order valence-electron chi connectivity index (χ0n) is 14.2. The Kier molecular flexibility index (Phi) is 6.13. The molecule has 0 N–H and O–H groups in total. The van der Waals surface area contributed by atoms with Crippen LogP contribution in [0.5, 0.6) is 5.75 Å². The van der Waals surface area contributed by atoms with Gasteiger partial charge in [-0.3, -0.25) is 9.59 Å². The molecule has 0 radical (unpaired) electrons. The zero-order valence-corrected chi connectivity index (χ0v) is 14.2. The van der Waals surface area contributed by atoms with Crippen molar-refractivity contribution in [2.24, 2.45) is 5.92 Å². The molecular formula is C20H22O4. The number of carbonyl (C=O) groups is 2. The summed E-state index contributed by atoms with van der Waals surface area (Å²) in [5.74, 6) is -1.25. The van der Waals surface area contributed by atoms with Crippen LogP contribution in [0.2, 0.25) is 0 Å². The van der Waals surface area contributed by atoms with Crippen LogP contribution in [-0.2, 0) is 20.9 Å². The second kappa shape index (κ2) is 8.29. The SMILES string of the molecule is COc1ccccc1C(C)C(C(C)=O)C(=O)OCc1ccccc1. The van der Waals surface area contributed by atoms with Gasteiger partial charge in [-0.25, -0.2) is 0 Å². The van der Waals surface area contributed by atoms with Crippen molar-refractivity contribution in [1.29, 1.82) is 0 Å². The van der Waals surface area contributed by atoms with Gasteiger partial charge in [-0.2, -0.15) is 0 Å². The first-order valence-electron chi connectivity index (χ1n) is 7.88. The van der Waals surface area contributed by atoms with Crippen LogP contribution < -0.4 is 4.74 Å². The van der Waals surface area contributed by atoms with Crippen molar-refractivity contribution in [3.8, 4) is 5.75 Å². The number of rotatable bonds is 7. The van der Waals surface area contributed by atoms with Crippen LogP contribution in [0.15, 0.2) is 54.6 Å². The van der Waals surface area contributed by atoms with Crippen LogP contribution in [0.4, 0.5) is 0 Å². The molecule has 0 aliphatic heterocycles. The molecule has 0 amide bonds. The first-order chi connectivity index (χ1) is 11.5. The number of Topliss-reactive ketones (excluding diaryl/α,β-unsaturated/α-hetero) is 1.